The lowest BCUT2D eigenvalue weighted by atomic mass is 10.0. The largest absolute Gasteiger partial charge is 0.354 e. The third-order valence-corrected chi connectivity index (χ3v) is 2.27. The molecule has 3 N–H and O–H groups in total. The van der Waals surface area contributed by atoms with Crippen LogP contribution in [0.4, 0.5) is 0 Å². The van der Waals surface area contributed by atoms with Crippen molar-refractivity contribution in [1.82, 2.24) is 5.32 Å². The van der Waals surface area contributed by atoms with Crippen molar-refractivity contribution in [3.63, 3.8) is 0 Å². The molecular weight excluding hydrogens is 200 g/mol. The Hall–Kier alpha value is -1.35. The quantitative estimate of drug-likeness (QED) is 0.804. The average molecular weight is 220 g/mol. The number of nitrogens with two attached hydrogens (primary N) is 1. The van der Waals surface area contributed by atoms with Gasteiger partial charge in [0.2, 0.25) is 5.91 Å². The summed E-state index contributed by atoms with van der Waals surface area (Å²) < 4.78 is 0. The zero-order valence-electron chi connectivity index (χ0n) is 10.2. The van der Waals surface area contributed by atoms with Crippen molar-refractivity contribution in [1.29, 1.82) is 0 Å². The molecule has 0 fully saturated rings. The van der Waals surface area contributed by atoms with E-state index in [1.165, 1.54) is 11.1 Å². The number of amides is 1. The fourth-order valence-corrected chi connectivity index (χ4v) is 1.69. The summed E-state index contributed by atoms with van der Waals surface area (Å²) in [6, 6.07) is 6.18. The summed E-state index contributed by atoms with van der Waals surface area (Å²) in [5.74, 6) is 0.0299. The van der Waals surface area contributed by atoms with E-state index >= 15 is 0 Å². The minimum atomic E-state index is 0.00296. The lowest BCUT2D eigenvalue weighted by Gasteiger charge is -2.08. The second-order valence-electron chi connectivity index (χ2n) is 4.45. The SMILES string of the molecule is Cc1cc(C)cc(CC(=O)NCC(C)N)c1. The molecule has 0 aliphatic carbocycles. The predicted octanol–water partition coefficient (Wildman–Crippen LogP) is 1.31. The van der Waals surface area contributed by atoms with Crippen molar-refractivity contribution in [2.24, 2.45) is 5.73 Å². The van der Waals surface area contributed by atoms with Gasteiger partial charge >= 0.3 is 0 Å². The summed E-state index contributed by atoms with van der Waals surface area (Å²) in [5, 5.41) is 2.81. The molecule has 0 saturated carbocycles. The number of rotatable bonds is 4. The number of nitrogens with one attached hydrogen (secondary N) is 1. The van der Waals surface area contributed by atoms with Crippen molar-refractivity contribution in [3.05, 3.63) is 34.9 Å². The minimum Gasteiger partial charge on any atom is -0.354 e. The molecule has 1 aromatic rings. The third kappa shape index (κ3) is 4.45. The monoisotopic (exact) mass is 220 g/mol. The fourth-order valence-electron chi connectivity index (χ4n) is 1.69. The lowest BCUT2D eigenvalue weighted by molar-refractivity contribution is -0.120. The molecule has 3 heteroatoms. The Labute approximate surface area is 97.0 Å². The summed E-state index contributed by atoms with van der Waals surface area (Å²) >= 11 is 0. The Morgan fingerprint density at radius 1 is 1.31 bits per heavy atom. The van der Waals surface area contributed by atoms with E-state index in [2.05, 4.69) is 11.4 Å². The van der Waals surface area contributed by atoms with Crippen molar-refractivity contribution < 1.29 is 4.79 Å². The smallest absolute Gasteiger partial charge is 0.224 e. The molecule has 1 aromatic carbocycles. The van der Waals surface area contributed by atoms with Gasteiger partial charge in [-0.2, -0.15) is 0 Å². The van der Waals surface area contributed by atoms with Crippen molar-refractivity contribution >= 4 is 5.91 Å². The average Bonchev–Trinajstić information content (AvgIpc) is 2.12. The number of aryl methyl sites for hydroxylation is 2. The number of carbonyl (C=O) groups excluding carboxylic acids is 1. The maximum Gasteiger partial charge on any atom is 0.224 e. The lowest BCUT2D eigenvalue weighted by Crippen LogP contribution is -2.35. The maximum absolute atomic E-state index is 11.6. The van der Waals surface area contributed by atoms with E-state index in [4.69, 9.17) is 5.73 Å². The van der Waals surface area contributed by atoms with E-state index in [1.807, 2.05) is 32.9 Å². The maximum atomic E-state index is 11.6. The van der Waals surface area contributed by atoms with E-state index in [0.717, 1.165) is 5.56 Å². The zero-order chi connectivity index (χ0) is 12.1. The predicted molar refractivity (Wildman–Crippen MR) is 66.3 cm³/mol. The topological polar surface area (TPSA) is 55.1 Å². The fraction of sp³-hybridized carbons (Fsp3) is 0.462. The highest BCUT2D eigenvalue weighted by Gasteiger charge is 2.04. The summed E-state index contributed by atoms with van der Waals surface area (Å²) in [4.78, 5) is 11.6. The van der Waals surface area contributed by atoms with Crippen LogP contribution in [0.3, 0.4) is 0 Å². The molecule has 1 rings (SSSR count). The highest BCUT2D eigenvalue weighted by molar-refractivity contribution is 5.78. The third-order valence-electron chi connectivity index (χ3n) is 2.27. The standard InChI is InChI=1S/C13H20N2O/c1-9-4-10(2)6-12(5-9)7-13(16)15-8-11(3)14/h4-6,11H,7-8,14H2,1-3H3,(H,15,16). The van der Waals surface area contributed by atoms with Gasteiger partial charge in [-0.05, 0) is 26.3 Å². The van der Waals surface area contributed by atoms with Crippen LogP contribution in [0.25, 0.3) is 0 Å². The molecule has 88 valence electrons. The van der Waals surface area contributed by atoms with Gasteiger partial charge in [-0.1, -0.05) is 29.3 Å². The molecule has 0 saturated heterocycles. The Bertz CT molecular complexity index is 352. The van der Waals surface area contributed by atoms with E-state index < -0.39 is 0 Å². The normalized spacial score (nSPS) is 12.2. The molecular formula is C13H20N2O. The van der Waals surface area contributed by atoms with Crippen LogP contribution in [-0.2, 0) is 11.2 Å². The van der Waals surface area contributed by atoms with Gasteiger partial charge in [0.25, 0.3) is 0 Å². The zero-order valence-corrected chi connectivity index (χ0v) is 10.2. The first-order valence-corrected chi connectivity index (χ1v) is 5.57. The first-order chi connectivity index (χ1) is 7.47. The number of carbonyl (C=O) groups is 1. The highest BCUT2D eigenvalue weighted by Crippen LogP contribution is 2.09. The molecule has 1 unspecified atom stereocenters. The van der Waals surface area contributed by atoms with Gasteiger partial charge in [0.05, 0.1) is 6.42 Å². The van der Waals surface area contributed by atoms with Crippen LogP contribution in [0, 0.1) is 13.8 Å². The molecule has 0 spiro atoms. The Morgan fingerprint density at radius 2 is 1.88 bits per heavy atom. The van der Waals surface area contributed by atoms with Gasteiger partial charge in [-0.3, -0.25) is 4.79 Å². The molecule has 16 heavy (non-hydrogen) atoms. The molecule has 1 amide bonds. The molecule has 3 nitrogen and oxygen atoms in total. The molecule has 0 aliphatic rings. The Morgan fingerprint density at radius 3 is 2.38 bits per heavy atom. The van der Waals surface area contributed by atoms with Gasteiger partial charge in [0.1, 0.15) is 0 Å². The first-order valence-electron chi connectivity index (χ1n) is 5.57. The summed E-state index contributed by atoms with van der Waals surface area (Å²) in [6.45, 7) is 6.48. The molecule has 0 radical (unpaired) electrons. The van der Waals surface area contributed by atoms with E-state index in [-0.39, 0.29) is 11.9 Å². The van der Waals surface area contributed by atoms with Crippen LogP contribution in [-0.4, -0.2) is 18.5 Å². The number of hydrogen-bond acceptors (Lipinski definition) is 2. The molecule has 1 atom stereocenters. The van der Waals surface area contributed by atoms with Gasteiger partial charge in [0.15, 0.2) is 0 Å². The van der Waals surface area contributed by atoms with Crippen LogP contribution in [0.1, 0.15) is 23.6 Å². The van der Waals surface area contributed by atoms with Crippen LogP contribution >= 0.6 is 0 Å². The van der Waals surface area contributed by atoms with E-state index in [9.17, 15) is 4.79 Å². The van der Waals surface area contributed by atoms with E-state index in [1.54, 1.807) is 0 Å². The molecule has 0 aromatic heterocycles. The molecule has 0 aliphatic heterocycles. The van der Waals surface area contributed by atoms with E-state index in [0.29, 0.717) is 13.0 Å². The number of hydrogen-bond donors (Lipinski definition) is 2. The minimum absolute atomic E-state index is 0.00296. The van der Waals surface area contributed by atoms with Crippen LogP contribution in [0.5, 0.6) is 0 Å². The highest BCUT2D eigenvalue weighted by atomic mass is 16.1. The van der Waals surface area contributed by atoms with Crippen LogP contribution in [0.15, 0.2) is 18.2 Å². The summed E-state index contributed by atoms with van der Waals surface area (Å²) in [5.41, 5.74) is 9.00. The van der Waals surface area contributed by atoms with Crippen molar-refractivity contribution in [3.8, 4) is 0 Å². The second-order valence-corrected chi connectivity index (χ2v) is 4.45. The molecule has 0 heterocycles. The summed E-state index contributed by atoms with van der Waals surface area (Å²) in [6.07, 6.45) is 0.426. The van der Waals surface area contributed by atoms with Gasteiger partial charge in [-0.25, -0.2) is 0 Å². The van der Waals surface area contributed by atoms with Crippen molar-refractivity contribution in [2.45, 2.75) is 33.2 Å². The van der Waals surface area contributed by atoms with Crippen LogP contribution in [0.2, 0.25) is 0 Å². The van der Waals surface area contributed by atoms with Gasteiger partial charge < -0.3 is 11.1 Å². The Balaban J connectivity index is 2.56. The second kappa shape index (κ2) is 5.66. The number of benzene rings is 1. The first kappa shape index (κ1) is 12.7. The molecule has 0 bridgehead atoms. The van der Waals surface area contributed by atoms with Crippen molar-refractivity contribution in [2.75, 3.05) is 6.54 Å². The van der Waals surface area contributed by atoms with Crippen LogP contribution < -0.4 is 11.1 Å². The van der Waals surface area contributed by atoms with Gasteiger partial charge in [0, 0.05) is 12.6 Å². The van der Waals surface area contributed by atoms with Gasteiger partial charge in [-0.15, -0.1) is 0 Å². The Kier molecular flexibility index (Phi) is 4.50. The summed E-state index contributed by atoms with van der Waals surface area (Å²) in [7, 11) is 0.